The van der Waals surface area contributed by atoms with Gasteiger partial charge in [0.2, 0.25) is 6.79 Å². The summed E-state index contributed by atoms with van der Waals surface area (Å²) < 4.78 is 22.0. The molecule has 0 amide bonds. The molecule has 1 N–H and O–H groups in total. The van der Waals surface area contributed by atoms with Crippen LogP contribution in [0.5, 0.6) is 23.0 Å². The van der Waals surface area contributed by atoms with Crippen LogP contribution >= 0.6 is 0 Å². The molecule has 2 aromatic carbocycles. The lowest BCUT2D eigenvalue weighted by Crippen LogP contribution is -2.31. The summed E-state index contributed by atoms with van der Waals surface area (Å²) in [6.07, 6.45) is 2.40. The number of phenolic OH excluding ortho intramolecular Hbond substituents is 1. The van der Waals surface area contributed by atoms with Crippen LogP contribution in [0.2, 0.25) is 0 Å². The maximum absolute atomic E-state index is 10.3. The van der Waals surface area contributed by atoms with Crippen molar-refractivity contribution >= 4 is 0 Å². The van der Waals surface area contributed by atoms with E-state index >= 15 is 0 Å². The normalized spacial score (nSPS) is 18.2. The van der Waals surface area contributed by atoms with Crippen molar-refractivity contribution in [2.75, 3.05) is 27.1 Å². The summed E-state index contributed by atoms with van der Waals surface area (Å²) in [6.45, 7) is 3.25. The average molecular weight is 371 g/mol. The SMILES string of the molecule is COc1ccc(O)c(CN(Cc2ccc3c(c2)OCO3)CC2CCCO2)c1. The third-order valence-electron chi connectivity index (χ3n) is 5.01. The molecule has 0 aromatic heterocycles. The first kappa shape index (κ1) is 17.9. The number of methoxy groups -OCH3 is 1. The van der Waals surface area contributed by atoms with Gasteiger partial charge in [0.05, 0.1) is 13.2 Å². The fourth-order valence-corrected chi connectivity index (χ4v) is 3.62. The average Bonchev–Trinajstić information content (AvgIpc) is 3.34. The second-order valence-electron chi connectivity index (χ2n) is 6.99. The second kappa shape index (κ2) is 8.06. The Bertz CT molecular complexity index is 788. The Balaban J connectivity index is 1.53. The Hall–Kier alpha value is -2.44. The standard InChI is InChI=1S/C21H25NO5/c1-24-17-5-6-19(23)16(10-17)12-22(13-18-3-2-8-25-18)11-15-4-7-20-21(9-15)27-14-26-20/h4-7,9-10,18,23H,2-3,8,11-14H2,1H3. The molecule has 0 bridgehead atoms. The van der Waals surface area contributed by atoms with Crippen molar-refractivity contribution in [3.05, 3.63) is 47.5 Å². The van der Waals surface area contributed by atoms with Crippen molar-refractivity contribution < 1.29 is 24.1 Å². The van der Waals surface area contributed by atoms with Crippen LogP contribution in [0.15, 0.2) is 36.4 Å². The van der Waals surface area contributed by atoms with Gasteiger partial charge in [0.25, 0.3) is 0 Å². The Kier molecular flexibility index (Phi) is 5.36. The quantitative estimate of drug-likeness (QED) is 0.806. The summed E-state index contributed by atoms with van der Waals surface area (Å²) in [5.74, 6) is 2.59. The molecule has 0 saturated carbocycles. The van der Waals surface area contributed by atoms with E-state index < -0.39 is 0 Å². The summed E-state index contributed by atoms with van der Waals surface area (Å²) in [4.78, 5) is 2.29. The maximum atomic E-state index is 10.3. The molecule has 6 nitrogen and oxygen atoms in total. The predicted octanol–water partition coefficient (Wildman–Crippen LogP) is 3.31. The molecule has 144 valence electrons. The molecule has 4 rings (SSSR count). The first-order chi connectivity index (χ1) is 13.2. The largest absolute Gasteiger partial charge is 0.508 e. The second-order valence-corrected chi connectivity index (χ2v) is 6.99. The molecule has 0 spiro atoms. The Morgan fingerprint density at radius 1 is 1.11 bits per heavy atom. The number of benzene rings is 2. The molecule has 2 aliphatic heterocycles. The van der Waals surface area contributed by atoms with Crippen molar-refractivity contribution in [1.29, 1.82) is 0 Å². The fraction of sp³-hybridized carbons (Fsp3) is 0.429. The molecule has 2 aliphatic rings. The Labute approximate surface area is 159 Å². The van der Waals surface area contributed by atoms with Crippen LogP contribution in [0.25, 0.3) is 0 Å². The minimum atomic E-state index is 0.228. The van der Waals surface area contributed by atoms with Gasteiger partial charge >= 0.3 is 0 Å². The van der Waals surface area contributed by atoms with Gasteiger partial charge in [0.15, 0.2) is 11.5 Å². The number of phenols is 1. The van der Waals surface area contributed by atoms with E-state index in [1.54, 1.807) is 19.2 Å². The van der Waals surface area contributed by atoms with Crippen molar-refractivity contribution in [2.45, 2.75) is 32.0 Å². The number of rotatable bonds is 7. The van der Waals surface area contributed by atoms with Crippen LogP contribution in [0, 0.1) is 0 Å². The zero-order chi connectivity index (χ0) is 18.6. The molecule has 2 aromatic rings. The number of hydrogen-bond acceptors (Lipinski definition) is 6. The van der Waals surface area contributed by atoms with E-state index in [1.807, 2.05) is 18.2 Å². The molecule has 1 unspecified atom stereocenters. The lowest BCUT2D eigenvalue weighted by atomic mass is 10.1. The van der Waals surface area contributed by atoms with Crippen LogP contribution in [0.1, 0.15) is 24.0 Å². The lowest BCUT2D eigenvalue weighted by molar-refractivity contribution is 0.0676. The van der Waals surface area contributed by atoms with Gasteiger partial charge in [-0.15, -0.1) is 0 Å². The highest BCUT2D eigenvalue weighted by molar-refractivity contribution is 5.44. The molecule has 27 heavy (non-hydrogen) atoms. The van der Waals surface area contributed by atoms with Gasteiger partial charge in [0, 0.05) is 31.8 Å². The van der Waals surface area contributed by atoms with Gasteiger partial charge < -0.3 is 24.1 Å². The summed E-state index contributed by atoms with van der Waals surface area (Å²) in [7, 11) is 1.63. The molecule has 6 heteroatoms. The summed E-state index contributed by atoms with van der Waals surface area (Å²) in [6, 6.07) is 11.4. The van der Waals surface area contributed by atoms with E-state index in [9.17, 15) is 5.11 Å². The monoisotopic (exact) mass is 371 g/mol. The van der Waals surface area contributed by atoms with E-state index in [0.29, 0.717) is 6.54 Å². The number of aromatic hydroxyl groups is 1. The minimum absolute atomic E-state index is 0.228. The first-order valence-corrected chi connectivity index (χ1v) is 9.29. The van der Waals surface area contributed by atoms with Gasteiger partial charge in [-0.1, -0.05) is 6.07 Å². The number of nitrogens with zero attached hydrogens (tertiary/aromatic N) is 1. The van der Waals surface area contributed by atoms with Crippen LogP contribution < -0.4 is 14.2 Å². The highest BCUT2D eigenvalue weighted by Gasteiger charge is 2.21. The van der Waals surface area contributed by atoms with E-state index in [0.717, 1.165) is 60.9 Å². The van der Waals surface area contributed by atoms with Crippen molar-refractivity contribution in [1.82, 2.24) is 4.90 Å². The molecule has 1 atom stereocenters. The summed E-state index contributed by atoms with van der Waals surface area (Å²) >= 11 is 0. The highest BCUT2D eigenvalue weighted by Crippen LogP contribution is 2.33. The Morgan fingerprint density at radius 3 is 2.81 bits per heavy atom. The van der Waals surface area contributed by atoms with Crippen LogP contribution in [0.3, 0.4) is 0 Å². The Morgan fingerprint density at radius 2 is 2.00 bits per heavy atom. The zero-order valence-electron chi connectivity index (χ0n) is 15.5. The minimum Gasteiger partial charge on any atom is -0.508 e. The number of hydrogen-bond donors (Lipinski definition) is 1. The molecule has 1 fully saturated rings. The number of fused-ring (bicyclic) bond motifs is 1. The van der Waals surface area contributed by atoms with Crippen molar-refractivity contribution in [3.63, 3.8) is 0 Å². The van der Waals surface area contributed by atoms with E-state index in [1.165, 1.54) is 0 Å². The maximum Gasteiger partial charge on any atom is 0.231 e. The third-order valence-corrected chi connectivity index (χ3v) is 5.01. The molecule has 0 aliphatic carbocycles. The van der Waals surface area contributed by atoms with Crippen LogP contribution in [0.4, 0.5) is 0 Å². The lowest BCUT2D eigenvalue weighted by Gasteiger charge is -2.26. The van der Waals surface area contributed by atoms with E-state index in [-0.39, 0.29) is 18.6 Å². The molecular formula is C21H25NO5. The molecular weight excluding hydrogens is 346 g/mol. The molecule has 0 radical (unpaired) electrons. The van der Waals surface area contributed by atoms with Gasteiger partial charge in [0.1, 0.15) is 11.5 Å². The van der Waals surface area contributed by atoms with Crippen molar-refractivity contribution in [2.24, 2.45) is 0 Å². The highest BCUT2D eigenvalue weighted by atomic mass is 16.7. The number of ether oxygens (including phenoxy) is 4. The first-order valence-electron chi connectivity index (χ1n) is 9.29. The summed E-state index contributed by atoms with van der Waals surface area (Å²) in [5, 5.41) is 10.3. The van der Waals surface area contributed by atoms with Crippen molar-refractivity contribution in [3.8, 4) is 23.0 Å². The zero-order valence-corrected chi connectivity index (χ0v) is 15.5. The molecule has 2 heterocycles. The van der Waals surface area contributed by atoms with E-state index in [2.05, 4.69) is 11.0 Å². The van der Waals surface area contributed by atoms with Gasteiger partial charge in [-0.05, 0) is 48.7 Å². The summed E-state index contributed by atoms with van der Waals surface area (Å²) in [5.41, 5.74) is 1.98. The van der Waals surface area contributed by atoms with E-state index in [4.69, 9.17) is 18.9 Å². The van der Waals surface area contributed by atoms with Crippen LogP contribution in [-0.2, 0) is 17.8 Å². The predicted molar refractivity (Wildman–Crippen MR) is 100 cm³/mol. The fourth-order valence-electron chi connectivity index (χ4n) is 3.62. The van der Waals surface area contributed by atoms with Gasteiger partial charge in [-0.3, -0.25) is 4.90 Å². The van der Waals surface area contributed by atoms with Crippen LogP contribution in [-0.4, -0.2) is 43.2 Å². The van der Waals surface area contributed by atoms with Gasteiger partial charge in [-0.25, -0.2) is 0 Å². The third kappa shape index (κ3) is 4.28. The molecule has 1 saturated heterocycles. The van der Waals surface area contributed by atoms with Gasteiger partial charge in [-0.2, -0.15) is 0 Å². The topological polar surface area (TPSA) is 60.4 Å². The smallest absolute Gasteiger partial charge is 0.231 e.